The number of alkyl halides is 3. The Kier molecular flexibility index (Phi) is 3.95. The highest BCUT2D eigenvalue weighted by atomic mass is 19.4. The van der Waals surface area contributed by atoms with Gasteiger partial charge in [0.05, 0.1) is 5.56 Å². The van der Waals surface area contributed by atoms with Crippen LogP contribution in [-0.4, -0.2) is 12.6 Å². The van der Waals surface area contributed by atoms with Crippen molar-refractivity contribution in [2.75, 3.05) is 6.54 Å². The number of hydrogen-bond acceptors (Lipinski definition) is 1. The van der Waals surface area contributed by atoms with E-state index >= 15 is 0 Å². The number of halogens is 3. The molecule has 4 heteroatoms. The van der Waals surface area contributed by atoms with Gasteiger partial charge in [0.1, 0.15) is 0 Å². The second-order valence-corrected chi connectivity index (χ2v) is 5.18. The first-order chi connectivity index (χ1) is 8.45. The molecule has 0 bridgehead atoms. The molecule has 1 aliphatic heterocycles. The first kappa shape index (κ1) is 13.4. The van der Waals surface area contributed by atoms with Crippen molar-refractivity contribution < 1.29 is 13.2 Å². The van der Waals surface area contributed by atoms with E-state index in [2.05, 4.69) is 12.2 Å². The topological polar surface area (TPSA) is 12.0 Å². The average molecular weight is 257 g/mol. The molecule has 2 unspecified atom stereocenters. The molecule has 1 heterocycles. The zero-order valence-corrected chi connectivity index (χ0v) is 10.4. The summed E-state index contributed by atoms with van der Waals surface area (Å²) in [6, 6.07) is 5.90. The van der Waals surface area contributed by atoms with Gasteiger partial charge in [-0.2, -0.15) is 13.2 Å². The van der Waals surface area contributed by atoms with Crippen molar-refractivity contribution in [2.24, 2.45) is 5.92 Å². The first-order valence-electron chi connectivity index (χ1n) is 6.34. The number of hydrogen-bond donors (Lipinski definition) is 1. The van der Waals surface area contributed by atoms with Crippen LogP contribution in [0.5, 0.6) is 0 Å². The summed E-state index contributed by atoms with van der Waals surface area (Å²) in [6.45, 7) is 3.23. The molecule has 2 atom stereocenters. The molecule has 2 rings (SSSR count). The quantitative estimate of drug-likeness (QED) is 0.853. The molecule has 0 aliphatic carbocycles. The zero-order chi connectivity index (χ0) is 13.2. The predicted octanol–water partition coefficient (Wildman–Crippen LogP) is 3.64. The van der Waals surface area contributed by atoms with Crippen LogP contribution in [0.15, 0.2) is 24.3 Å². The van der Waals surface area contributed by atoms with Crippen LogP contribution in [0.1, 0.15) is 30.9 Å². The van der Waals surface area contributed by atoms with Gasteiger partial charge in [0, 0.05) is 6.04 Å². The van der Waals surface area contributed by atoms with Crippen molar-refractivity contribution >= 4 is 0 Å². The van der Waals surface area contributed by atoms with Crippen LogP contribution in [-0.2, 0) is 12.6 Å². The molecule has 0 spiro atoms. The van der Waals surface area contributed by atoms with Gasteiger partial charge in [-0.3, -0.25) is 0 Å². The molecule has 100 valence electrons. The van der Waals surface area contributed by atoms with Crippen molar-refractivity contribution in [1.82, 2.24) is 5.32 Å². The van der Waals surface area contributed by atoms with Gasteiger partial charge in [-0.25, -0.2) is 0 Å². The molecular weight excluding hydrogens is 239 g/mol. The summed E-state index contributed by atoms with van der Waals surface area (Å²) in [4.78, 5) is 0. The largest absolute Gasteiger partial charge is 0.416 e. The minimum atomic E-state index is -4.24. The average Bonchev–Trinajstić information content (AvgIpc) is 2.28. The molecule has 1 nitrogen and oxygen atoms in total. The van der Waals surface area contributed by atoms with E-state index in [0.717, 1.165) is 24.9 Å². The van der Waals surface area contributed by atoms with E-state index < -0.39 is 11.7 Å². The van der Waals surface area contributed by atoms with Crippen molar-refractivity contribution in [3.63, 3.8) is 0 Å². The summed E-state index contributed by atoms with van der Waals surface area (Å²) >= 11 is 0. The van der Waals surface area contributed by atoms with Crippen LogP contribution in [0, 0.1) is 5.92 Å². The lowest BCUT2D eigenvalue weighted by molar-refractivity contribution is -0.137. The number of piperidine rings is 1. The Labute approximate surface area is 105 Å². The highest BCUT2D eigenvalue weighted by Crippen LogP contribution is 2.29. The van der Waals surface area contributed by atoms with Gasteiger partial charge in [-0.15, -0.1) is 0 Å². The molecule has 0 aromatic heterocycles. The van der Waals surface area contributed by atoms with E-state index in [4.69, 9.17) is 0 Å². The van der Waals surface area contributed by atoms with Gasteiger partial charge in [-0.05, 0) is 49.4 Å². The van der Waals surface area contributed by atoms with E-state index in [1.165, 1.54) is 18.6 Å². The fourth-order valence-electron chi connectivity index (χ4n) is 2.49. The molecule has 1 aliphatic rings. The fourth-order valence-corrected chi connectivity index (χ4v) is 2.49. The first-order valence-corrected chi connectivity index (χ1v) is 6.34. The maximum absolute atomic E-state index is 12.4. The minimum absolute atomic E-state index is 0.394. The Bertz CT molecular complexity index is 383. The van der Waals surface area contributed by atoms with E-state index in [0.29, 0.717) is 12.0 Å². The lowest BCUT2D eigenvalue weighted by Gasteiger charge is -2.28. The predicted molar refractivity (Wildman–Crippen MR) is 65.3 cm³/mol. The summed E-state index contributed by atoms with van der Waals surface area (Å²) in [5.41, 5.74) is 0.394. The van der Waals surface area contributed by atoms with Crippen LogP contribution in [0.3, 0.4) is 0 Å². The Hall–Kier alpha value is -1.03. The maximum atomic E-state index is 12.4. The third-order valence-corrected chi connectivity index (χ3v) is 3.52. The number of benzene rings is 1. The lowest BCUT2D eigenvalue weighted by atomic mass is 9.90. The van der Waals surface area contributed by atoms with E-state index in [-0.39, 0.29) is 0 Å². The van der Waals surface area contributed by atoms with Crippen LogP contribution in [0.25, 0.3) is 0 Å². The monoisotopic (exact) mass is 257 g/mol. The smallest absolute Gasteiger partial charge is 0.314 e. The van der Waals surface area contributed by atoms with Gasteiger partial charge in [-0.1, -0.05) is 19.1 Å². The SMILES string of the molecule is CC1CCNC(Cc2ccc(C(F)(F)F)cc2)C1. The van der Waals surface area contributed by atoms with E-state index in [9.17, 15) is 13.2 Å². The Morgan fingerprint density at radius 1 is 1.22 bits per heavy atom. The summed E-state index contributed by atoms with van der Waals surface area (Å²) in [5.74, 6) is 0.700. The van der Waals surface area contributed by atoms with Crippen molar-refractivity contribution in [1.29, 1.82) is 0 Å². The summed E-state index contributed by atoms with van der Waals surface area (Å²) in [7, 11) is 0. The van der Waals surface area contributed by atoms with Gasteiger partial charge in [0.2, 0.25) is 0 Å². The van der Waals surface area contributed by atoms with Crippen molar-refractivity contribution in [2.45, 2.75) is 38.4 Å². The zero-order valence-electron chi connectivity index (χ0n) is 10.4. The molecule has 1 fully saturated rings. The molecule has 1 saturated heterocycles. The molecule has 0 amide bonds. The third-order valence-electron chi connectivity index (χ3n) is 3.52. The molecule has 1 aromatic carbocycles. The molecule has 0 radical (unpaired) electrons. The highest BCUT2D eigenvalue weighted by molar-refractivity contribution is 5.25. The molecule has 1 aromatic rings. The highest BCUT2D eigenvalue weighted by Gasteiger charge is 2.30. The van der Waals surface area contributed by atoms with Gasteiger partial charge < -0.3 is 5.32 Å². The summed E-state index contributed by atoms with van der Waals surface area (Å²) < 4.78 is 37.3. The van der Waals surface area contributed by atoms with Gasteiger partial charge >= 0.3 is 6.18 Å². The van der Waals surface area contributed by atoms with E-state index in [1.807, 2.05) is 0 Å². The maximum Gasteiger partial charge on any atom is 0.416 e. The van der Waals surface area contributed by atoms with E-state index in [1.54, 1.807) is 12.1 Å². The van der Waals surface area contributed by atoms with Gasteiger partial charge in [0.15, 0.2) is 0 Å². The number of rotatable bonds is 2. The summed E-state index contributed by atoms with van der Waals surface area (Å²) in [5, 5.41) is 3.42. The fraction of sp³-hybridized carbons (Fsp3) is 0.571. The lowest BCUT2D eigenvalue weighted by Crippen LogP contribution is -2.38. The second kappa shape index (κ2) is 5.31. The Morgan fingerprint density at radius 2 is 1.89 bits per heavy atom. The molecule has 18 heavy (non-hydrogen) atoms. The van der Waals surface area contributed by atoms with Crippen molar-refractivity contribution in [3.8, 4) is 0 Å². The van der Waals surface area contributed by atoms with Crippen LogP contribution < -0.4 is 5.32 Å². The standard InChI is InChI=1S/C14H18F3N/c1-10-6-7-18-13(8-10)9-11-2-4-12(5-3-11)14(15,16)17/h2-5,10,13,18H,6-9H2,1H3. The van der Waals surface area contributed by atoms with Crippen LogP contribution >= 0.6 is 0 Å². The Balaban J connectivity index is 1.98. The van der Waals surface area contributed by atoms with Gasteiger partial charge in [0.25, 0.3) is 0 Å². The summed E-state index contributed by atoms with van der Waals surface area (Å²) in [6.07, 6.45) is -1.15. The molecule has 1 N–H and O–H groups in total. The second-order valence-electron chi connectivity index (χ2n) is 5.18. The Morgan fingerprint density at radius 3 is 2.44 bits per heavy atom. The van der Waals surface area contributed by atoms with Crippen LogP contribution in [0.4, 0.5) is 13.2 Å². The van der Waals surface area contributed by atoms with Crippen LogP contribution in [0.2, 0.25) is 0 Å². The third kappa shape index (κ3) is 3.48. The normalized spacial score (nSPS) is 25.1. The molecular formula is C14H18F3N. The minimum Gasteiger partial charge on any atom is -0.314 e. The molecule has 0 saturated carbocycles. The number of nitrogens with one attached hydrogen (secondary N) is 1. The van der Waals surface area contributed by atoms with Crippen molar-refractivity contribution in [3.05, 3.63) is 35.4 Å².